The Hall–Kier alpha value is -1.32. The Labute approximate surface area is 164 Å². The Bertz CT molecular complexity index is 678. The number of allylic oxidation sites excluding steroid dienone is 2. The van der Waals surface area contributed by atoms with Crippen LogP contribution in [0.25, 0.3) is 0 Å². The van der Waals surface area contributed by atoms with Gasteiger partial charge in [-0.25, -0.2) is 4.79 Å². The van der Waals surface area contributed by atoms with Crippen molar-refractivity contribution in [3.63, 3.8) is 0 Å². The van der Waals surface area contributed by atoms with Crippen molar-refractivity contribution in [2.45, 2.75) is 84.2 Å². The van der Waals surface area contributed by atoms with Crippen molar-refractivity contribution >= 4 is 11.8 Å². The molecule has 1 aliphatic heterocycles. The highest BCUT2D eigenvalue weighted by molar-refractivity contribution is 5.91. The van der Waals surface area contributed by atoms with Crippen LogP contribution >= 0.6 is 0 Å². The van der Waals surface area contributed by atoms with E-state index in [0.29, 0.717) is 29.5 Å². The number of rotatable bonds is 0. The van der Waals surface area contributed by atoms with Gasteiger partial charge in [0.15, 0.2) is 5.78 Å². The highest BCUT2D eigenvalue weighted by atomic mass is 16.2. The van der Waals surface area contributed by atoms with Gasteiger partial charge in [-0.1, -0.05) is 13.0 Å². The fourth-order valence-corrected chi connectivity index (χ4v) is 7.04. The largest absolute Gasteiger partial charge is 0.333 e. The molecule has 1 unspecified atom stereocenters. The van der Waals surface area contributed by atoms with E-state index in [1.54, 1.807) is 0 Å². The van der Waals surface area contributed by atoms with Crippen molar-refractivity contribution in [2.75, 3.05) is 6.54 Å². The molecule has 1 heterocycles. The summed E-state index contributed by atoms with van der Waals surface area (Å²) in [6.45, 7) is 11.8. The molecular formula is C23H36N2O2. The van der Waals surface area contributed by atoms with E-state index in [0.717, 1.165) is 32.2 Å². The first kappa shape index (κ1) is 19.0. The second-order valence-electron chi connectivity index (χ2n) is 11.0. The fraction of sp³-hybridized carbons (Fsp3) is 0.826. The van der Waals surface area contributed by atoms with E-state index in [1.165, 1.54) is 12.8 Å². The second-order valence-corrected chi connectivity index (χ2v) is 11.0. The Balaban J connectivity index is 1.58. The Morgan fingerprint density at radius 2 is 1.89 bits per heavy atom. The zero-order valence-corrected chi connectivity index (χ0v) is 17.7. The van der Waals surface area contributed by atoms with E-state index in [4.69, 9.17) is 0 Å². The van der Waals surface area contributed by atoms with Gasteiger partial charge in [-0.15, -0.1) is 0 Å². The Kier molecular flexibility index (Phi) is 4.29. The molecule has 3 fully saturated rings. The number of amides is 2. The van der Waals surface area contributed by atoms with E-state index < -0.39 is 0 Å². The highest BCUT2D eigenvalue weighted by Crippen LogP contribution is 2.62. The minimum atomic E-state index is -0.201. The van der Waals surface area contributed by atoms with E-state index in [1.807, 2.05) is 6.08 Å². The predicted molar refractivity (Wildman–Crippen MR) is 107 cm³/mol. The summed E-state index contributed by atoms with van der Waals surface area (Å²) in [5, 5.41) is 3.19. The number of nitrogens with zero attached hydrogens (tertiary/aromatic N) is 1. The number of ketones is 1. The maximum Gasteiger partial charge on any atom is 0.318 e. The average Bonchev–Trinajstić information content (AvgIpc) is 2.91. The van der Waals surface area contributed by atoms with Gasteiger partial charge in [-0.05, 0) is 95.0 Å². The summed E-state index contributed by atoms with van der Waals surface area (Å²) in [6, 6.07) is 0.106. The van der Waals surface area contributed by atoms with Gasteiger partial charge >= 0.3 is 6.03 Å². The third kappa shape index (κ3) is 2.94. The van der Waals surface area contributed by atoms with Gasteiger partial charge in [0, 0.05) is 24.0 Å². The van der Waals surface area contributed by atoms with Crippen LogP contribution in [0.15, 0.2) is 12.2 Å². The van der Waals surface area contributed by atoms with Gasteiger partial charge in [0.05, 0.1) is 0 Å². The number of urea groups is 1. The molecule has 3 aliphatic carbocycles. The van der Waals surface area contributed by atoms with Gasteiger partial charge in [0.2, 0.25) is 0 Å². The average molecular weight is 373 g/mol. The monoisotopic (exact) mass is 372 g/mol. The lowest BCUT2D eigenvalue weighted by Crippen LogP contribution is -2.60. The summed E-state index contributed by atoms with van der Waals surface area (Å²) in [4.78, 5) is 27.1. The molecule has 150 valence electrons. The molecule has 4 rings (SSSR count). The smallest absolute Gasteiger partial charge is 0.318 e. The van der Waals surface area contributed by atoms with E-state index in [9.17, 15) is 9.59 Å². The first-order valence-electron chi connectivity index (χ1n) is 10.9. The summed E-state index contributed by atoms with van der Waals surface area (Å²) in [6.07, 6.45) is 10.6. The zero-order chi connectivity index (χ0) is 19.6. The molecule has 0 radical (unpaired) electrons. The first-order chi connectivity index (χ1) is 12.5. The van der Waals surface area contributed by atoms with E-state index in [-0.39, 0.29) is 22.5 Å². The molecule has 0 spiro atoms. The number of hydrogen-bond acceptors (Lipinski definition) is 2. The van der Waals surface area contributed by atoms with Crippen LogP contribution < -0.4 is 5.32 Å². The van der Waals surface area contributed by atoms with Crippen molar-refractivity contribution in [3.8, 4) is 0 Å². The van der Waals surface area contributed by atoms with Crippen LogP contribution in [-0.2, 0) is 4.79 Å². The molecule has 0 aromatic rings. The van der Waals surface area contributed by atoms with Gasteiger partial charge < -0.3 is 10.2 Å². The number of nitrogens with one attached hydrogen (secondary N) is 1. The number of hydrogen-bond donors (Lipinski definition) is 1. The molecule has 4 nitrogen and oxygen atoms in total. The highest BCUT2D eigenvalue weighted by Gasteiger charge is 2.60. The minimum Gasteiger partial charge on any atom is -0.333 e. The molecule has 0 aromatic heterocycles. The van der Waals surface area contributed by atoms with Gasteiger partial charge in [0.1, 0.15) is 0 Å². The van der Waals surface area contributed by atoms with E-state index >= 15 is 0 Å². The van der Waals surface area contributed by atoms with E-state index in [2.05, 4.69) is 50.9 Å². The Morgan fingerprint density at radius 1 is 1.15 bits per heavy atom. The standard InChI is InChI=1S/C23H36N2O2/c1-21(2,3)24-20(27)25-13-10-19-17-7-6-15-14-16(26)8-11-22(15,4)18(17)9-12-23(19,25)5/h8,11,15,17-19H,6-7,9-10,12-14H2,1-5H3,(H,24,27)/t15?,17-,18-,19+,22+,23+/m1/s1. The molecule has 4 aliphatic rings. The minimum absolute atomic E-state index is 0.0199. The van der Waals surface area contributed by atoms with Crippen LogP contribution in [0.2, 0.25) is 0 Å². The summed E-state index contributed by atoms with van der Waals surface area (Å²) < 4.78 is 0. The zero-order valence-electron chi connectivity index (χ0n) is 17.7. The Morgan fingerprint density at radius 3 is 2.59 bits per heavy atom. The molecule has 0 aromatic carbocycles. The van der Waals surface area contributed by atoms with Crippen molar-refractivity contribution in [1.82, 2.24) is 10.2 Å². The van der Waals surface area contributed by atoms with Crippen LogP contribution in [0.5, 0.6) is 0 Å². The lowest BCUT2D eigenvalue weighted by atomic mass is 9.47. The normalized spacial score (nSPS) is 43.7. The van der Waals surface area contributed by atoms with Crippen molar-refractivity contribution in [1.29, 1.82) is 0 Å². The van der Waals surface area contributed by atoms with Crippen LogP contribution in [0.1, 0.15) is 73.1 Å². The third-order valence-corrected chi connectivity index (χ3v) is 8.40. The van der Waals surface area contributed by atoms with Gasteiger partial charge in [-0.3, -0.25) is 4.79 Å². The van der Waals surface area contributed by atoms with Crippen molar-refractivity contribution < 1.29 is 9.59 Å². The molecule has 1 saturated heterocycles. The SMILES string of the molecule is CC(C)(C)NC(=O)N1CC[C@H]2[C@@H]3CCC4CC(=O)C=C[C@]4(C)[C@@H]3CC[C@@]21C. The van der Waals surface area contributed by atoms with Gasteiger partial charge in [-0.2, -0.15) is 0 Å². The maximum atomic E-state index is 13.0. The molecular weight excluding hydrogens is 336 g/mol. The van der Waals surface area contributed by atoms with Gasteiger partial charge in [0.25, 0.3) is 0 Å². The number of fused-ring (bicyclic) bond motifs is 5. The summed E-state index contributed by atoms with van der Waals surface area (Å²) in [5.41, 5.74) is -0.0547. The lowest BCUT2D eigenvalue weighted by Gasteiger charge is -2.59. The predicted octanol–water partition coefficient (Wildman–Crippen LogP) is 4.55. The molecule has 27 heavy (non-hydrogen) atoms. The molecule has 6 atom stereocenters. The molecule has 0 bridgehead atoms. The molecule has 2 saturated carbocycles. The number of carbonyl (C=O) groups is 2. The van der Waals surface area contributed by atoms with Crippen molar-refractivity contribution in [3.05, 3.63) is 12.2 Å². The quantitative estimate of drug-likeness (QED) is 0.678. The van der Waals surface area contributed by atoms with Crippen LogP contribution in [0, 0.1) is 29.1 Å². The second kappa shape index (κ2) is 6.09. The van der Waals surface area contributed by atoms with Crippen LogP contribution in [0.3, 0.4) is 0 Å². The third-order valence-electron chi connectivity index (χ3n) is 8.40. The fourth-order valence-electron chi connectivity index (χ4n) is 7.04. The summed E-state index contributed by atoms with van der Waals surface area (Å²) >= 11 is 0. The summed E-state index contributed by atoms with van der Waals surface area (Å²) in [7, 11) is 0. The molecule has 4 heteroatoms. The van der Waals surface area contributed by atoms with Crippen molar-refractivity contribution in [2.24, 2.45) is 29.1 Å². The maximum absolute atomic E-state index is 13.0. The first-order valence-corrected chi connectivity index (χ1v) is 10.9. The number of carbonyl (C=O) groups excluding carboxylic acids is 2. The topological polar surface area (TPSA) is 49.4 Å². The lowest BCUT2D eigenvalue weighted by molar-refractivity contribution is -0.121. The van der Waals surface area contributed by atoms with Crippen LogP contribution in [0.4, 0.5) is 4.79 Å². The molecule has 2 amide bonds. The molecule has 1 N–H and O–H groups in total. The van der Waals surface area contributed by atoms with Crippen LogP contribution in [-0.4, -0.2) is 34.3 Å². The number of likely N-dealkylation sites (tertiary alicyclic amines) is 1. The summed E-state index contributed by atoms with van der Waals surface area (Å²) in [5.74, 6) is 2.75.